The van der Waals surface area contributed by atoms with E-state index in [1.807, 2.05) is 47.2 Å². The van der Waals surface area contributed by atoms with Crippen LogP contribution in [-0.2, 0) is 9.59 Å². The number of hydrogen-bond acceptors (Lipinski definition) is 4. The van der Waals surface area contributed by atoms with Crippen molar-refractivity contribution in [3.05, 3.63) is 82.6 Å². The number of anilines is 1. The summed E-state index contributed by atoms with van der Waals surface area (Å²) in [4.78, 5) is 27.0. The molecule has 150 valence electrons. The van der Waals surface area contributed by atoms with Crippen LogP contribution in [0.5, 0.6) is 5.75 Å². The molecule has 0 saturated carbocycles. The minimum absolute atomic E-state index is 0.00326. The number of halogens is 1. The summed E-state index contributed by atoms with van der Waals surface area (Å²) < 4.78 is 8.01. The Morgan fingerprint density at radius 1 is 1.00 bits per heavy atom. The van der Waals surface area contributed by atoms with Gasteiger partial charge in [0.15, 0.2) is 5.11 Å². The van der Waals surface area contributed by atoms with E-state index in [9.17, 15) is 9.59 Å². The Morgan fingerprint density at radius 2 is 1.67 bits per heavy atom. The molecule has 1 N–H and O–H groups in total. The van der Waals surface area contributed by atoms with E-state index in [4.69, 9.17) is 17.0 Å². The van der Waals surface area contributed by atoms with Crippen LogP contribution >= 0.6 is 28.1 Å². The molecule has 0 radical (unpaired) electrons. The van der Waals surface area contributed by atoms with Crippen LogP contribution in [0, 0.1) is 0 Å². The Labute approximate surface area is 186 Å². The zero-order valence-corrected chi connectivity index (χ0v) is 18.2. The number of thiocarbonyl (C=S) groups is 1. The second-order valence-electron chi connectivity index (χ2n) is 6.44. The molecule has 6 nitrogen and oxygen atoms in total. The van der Waals surface area contributed by atoms with E-state index in [1.165, 1.54) is 4.90 Å². The van der Waals surface area contributed by atoms with Crippen molar-refractivity contribution in [2.24, 2.45) is 0 Å². The fourth-order valence-electron chi connectivity index (χ4n) is 3.12. The summed E-state index contributed by atoms with van der Waals surface area (Å²) in [6.45, 7) is 0. The van der Waals surface area contributed by atoms with Gasteiger partial charge in [-0.15, -0.1) is 0 Å². The number of hydrogen-bond donors (Lipinski definition) is 1. The van der Waals surface area contributed by atoms with Crippen LogP contribution in [0.25, 0.3) is 11.8 Å². The molecule has 0 unspecified atom stereocenters. The fourth-order valence-corrected chi connectivity index (χ4v) is 3.67. The topological polar surface area (TPSA) is 63.6 Å². The zero-order valence-electron chi connectivity index (χ0n) is 15.8. The van der Waals surface area contributed by atoms with Crippen molar-refractivity contribution in [1.29, 1.82) is 0 Å². The smallest absolute Gasteiger partial charge is 0.270 e. The van der Waals surface area contributed by atoms with Gasteiger partial charge in [-0.1, -0.05) is 15.9 Å². The molecule has 1 aromatic heterocycles. The van der Waals surface area contributed by atoms with Gasteiger partial charge in [-0.3, -0.25) is 19.8 Å². The van der Waals surface area contributed by atoms with Crippen molar-refractivity contribution in [3.8, 4) is 11.4 Å². The summed E-state index contributed by atoms with van der Waals surface area (Å²) >= 11 is 8.67. The number of carbonyl (C=O) groups excluding carboxylic acids is 2. The van der Waals surface area contributed by atoms with Crippen LogP contribution < -0.4 is 15.0 Å². The van der Waals surface area contributed by atoms with E-state index in [0.717, 1.165) is 10.2 Å². The first kappa shape index (κ1) is 20.1. The van der Waals surface area contributed by atoms with Crippen LogP contribution in [0.2, 0.25) is 0 Å². The molecule has 8 heteroatoms. The number of nitrogens with one attached hydrogen (secondary N) is 1. The largest absolute Gasteiger partial charge is 0.497 e. The molecule has 30 heavy (non-hydrogen) atoms. The molecule has 1 fully saturated rings. The van der Waals surface area contributed by atoms with E-state index in [-0.39, 0.29) is 10.7 Å². The minimum Gasteiger partial charge on any atom is -0.497 e. The summed E-state index contributed by atoms with van der Waals surface area (Å²) in [5.74, 6) is -0.364. The monoisotopic (exact) mass is 481 g/mol. The lowest BCUT2D eigenvalue weighted by Crippen LogP contribution is -2.54. The molecule has 1 aliphatic heterocycles. The second-order valence-corrected chi connectivity index (χ2v) is 7.74. The molecule has 2 heterocycles. The fraction of sp³-hybridized carbons (Fsp3) is 0.0455. The van der Waals surface area contributed by atoms with Crippen molar-refractivity contribution >= 4 is 56.8 Å². The summed E-state index contributed by atoms with van der Waals surface area (Å²) in [6.07, 6.45) is 3.44. The lowest BCUT2D eigenvalue weighted by molar-refractivity contribution is -0.122. The maximum atomic E-state index is 13.2. The highest BCUT2D eigenvalue weighted by Gasteiger charge is 2.34. The summed E-state index contributed by atoms with van der Waals surface area (Å²) in [6, 6.07) is 18.3. The number of amides is 2. The van der Waals surface area contributed by atoms with Crippen LogP contribution in [0.4, 0.5) is 5.69 Å². The third kappa shape index (κ3) is 3.79. The van der Waals surface area contributed by atoms with Crippen LogP contribution in [0.1, 0.15) is 5.69 Å². The number of ether oxygens (including phenoxy) is 1. The Kier molecular flexibility index (Phi) is 5.52. The van der Waals surface area contributed by atoms with E-state index >= 15 is 0 Å². The first-order chi connectivity index (χ1) is 14.5. The van der Waals surface area contributed by atoms with Gasteiger partial charge in [-0.25, -0.2) is 0 Å². The van der Waals surface area contributed by atoms with Gasteiger partial charge in [0.2, 0.25) is 0 Å². The lowest BCUT2D eigenvalue weighted by Gasteiger charge is -2.29. The number of aromatic nitrogens is 1. The Bertz CT molecular complexity index is 1170. The Morgan fingerprint density at radius 3 is 2.33 bits per heavy atom. The van der Waals surface area contributed by atoms with Gasteiger partial charge in [0.1, 0.15) is 11.3 Å². The molecule has 0 bridgehead atoms. The molecule has 2 amide bonds. The molecular weight excluding hydrogens is 466 g/mol. The molecule has 0 atom stereocenters. The third-order valence-electron chi connectivity index (χ3n) is 4.61. The van der Waals surface area contributed by atoms with Crippen molar-refractivity contribution in [3.63, 3.8) is 0 Å². The van der Waals surface area contributed by atoms with E-state index in [2.05, 4.69) is 21.2 Å². The highest BCUT2D eigenvalue weighted by atomic mass is 79.9. The van der Waals surface area contributed by atoms with E-state index in [1.54, 1.807) is 37.5 Å². The van der Waals surface area contributed by atoms with Crippen molar-refractivity contribution in [2.45, 2.75) is 0 Å². The molecule has 4 rings (SSSR count). The van der Waals surface area contributed by atoms with Crippen molar-refractivity contribution in [1.82, 2.24) is 9.88 Å². The molecule has 2 aromatic carbocycles. The summed E-state index contributed by atoms with van der Waals surface area (Å²) in [5.41, 5.74) is 2.14. The van der Waals surface area contributed by atoms with Gasteiger partial charge < -0.3 is 9.30 Å². The molecule has 3 aromatic rings. The van der Waals surface area contributed by atoms with Gasteiger partial charge in [-0.2, -0.15) is 0 Å². The number of benzene rings is 2. The van der Waals surface area contributed by atoms with Crippen LogP contribution in [0.3, 0.4) is 0 Å². The number of methoxy groups -OCH3 is 1. The first-order valence-corrected chi connectivity index (χ1v) is 10.2. The highest BCUT2D eigenvalue weighted by Crippen LogP contribution is 2.25. The Hall–Kier alpha value is -3.23. The van der Waals surface area contributed by atoms with E-state index in [0.29, 0.717) is 17.1 Å². The average molecular weight is 482 g/mol. The highest BCUT2D eigenvalue weighted by molar-refractivity contribution is 9.10. The summed E-state index contributed by atoms with van der Waals surface area (Å²) in [7, 11) is 1.56. The number of nitrogens with zero attached hydrogens (tertiary/aromatic N) is 2. The summed E-state index contributed by atoms with van der Waals surface area (Å²) in [5, 5.41) is 2.64. The predicted molar refractivity (Wildman–Crippen MR) is 123 cm³/mol. The molecule has 1 aliphatic rings. The van der Waals surface area contributed by atoms with Crippen LogP contribution in [0.15, 0.2) is 76.9 Å². The van der Waals surface area contributed by atoms with E-state index < -0.39 is 11.8 Å². The standard InChI is InChI=1S/C22H16BrN3O3S/c1-29-18-10-8-16(9-11-18)26-21(28)19(20(27)24-22(26)30)13-17-3-2-12-25(17)15-6-4-14(23)5-7-15/h2-13H,1H3,(H,24,27,30). The van der Waals surface area contributed by atoms with Gasteiger partial charge in [-0.05, 0) is 79.0 Å². The quantitative estimate of drug-likeness (QED) is 0.346. The van der Waals surface area contributed by atoms with Crippen molar-refractivity contribution < 1.29 is 14.3 Å². The number of carbonyl (C=O) groups is 2. The van der Waals surface area contributed by atoms with Crippen LogP contribution in [-0.4, -0.2) is 28.6 Å². The molecule has 1 saturated heterocycles. The van der Waals surface area contributed by atoms with Gasteiger partial charge in [0.05, 0.1) is 12.8 Å². The third-order valence-corrected chi connectivity index (χ3v) is 5.42. The maximum absolute atomic E-state index is 13.2. The predicted octanol–water partition coefficient (Wildman–Crippen LogP) is 4.08. The van der Waals surface area contributed by atoms with Gasteiger partial charge in [0.25, 0.3) is 11.8 Å². The molecular formula is C22H16BrN3O3S. The van der Waals surface area contributed by atoms with Gasteiger partial charge >= 0.3 is 0 Å². The second kappa shape index (κ2) is 8.25. The first-order valence-electron chi connectivity index (χ1n) is 8.97. The normalized spacial score (nSPS) is 15.5. The minimum atomic E-state index is -0.529. The van der Waals surface area contributed by atoms with Crippen molar-refractivity contribution in [2.75, 3.05) is 12.0 Å². The molecule has 0 spiro atoms. The number of rotatable bonds is 4. The lowest BCUT2D eigenvalue weighted by atomic mass is 10.1. The molecule has 0 aliphatic carbocycles. The Balaban J connectivity index is 1.71. The zero-order chi connectivity index (χ0) is 21.3. The average Bonchev–Trinajstić information content (AvgIpc) is 3.20. The van der Waals surface area contributed by atoms with Gasteiger partial charge in [0, 0.05) is 22.1 Å². The SMILES string of the molecule is COc1ccc(N2C(=O)C(=Cc3cccn3-c3ccc(Br)cc3)C(=O)NC2=S)cc1. The maximum Gasteiger partial charge on any atom is 0.270 e.